The highest BCUT2D eigenvalue weighted by Gasteiger charge is 2.13. The molecule has 1 heteroatoms. The van der Waals surface area contributed by atoms with Crippen LogP contribution in [0.15, 0.2) is 79.0 Å². The van der Waals surface area contributed by atoms with Gasteiger partial charge in [-0.2, -0.15) is 0 Å². The average Bonchev–Trinajstić information content (AvgIpc) is 3.04. The van der Waals surface area contributed by atoms with E-state index in [2.05, 4.69) is 111 Å². The summed E-state index contributed by atoms with van der Waals surface area (Å²) in [5, 5.41) is 1.29. The van der Waals surface area contributed by atoms with Crippen LogP contribution in [0, 0.1) is 6.92 Å². The van der Waals surface area contributed by atoms with Crippen molar-refractivity contribution in [2.24, 2.45) is 0 Å². The van der Waals surface area contributed by atoms with E-state index in [1.54, 1.807) is 0 Å². The number of benzene rings is 3. The summed E-state index contributed by atoms with van der Waals surface area (Å²) >= 11 is 0. The zero-order valence-electron chi connectivity index (χ0n) is 16.7. The summed E-state index contributed by atoms with van der Waals surface area (Å²) < 4.78 is 2.34. The largest absolute Gasteiger partial charge is 0.343 e. The number of hydrogen-bond donors (Lipinski definition) is 0. The Morgan fingerprint density at radius 2 is 1.56 bits per heavy atom. The minimum absolute atomic E-state index is 0.199. The highest BCUT2D eigenvalue weighted by atomic mass is 14.9. The molecule has 0 N–H and O–H groups in total. The van der Waals surface area contributed by atoms with E-state index in [0.29, 0.717) is 0 Å². The van der Waals surface area contributed by atoms with Crippen LogP contribution < -0.4 is 0 Å². The van der Waals surface area contributed by atoms with E-state index in [9.17, 15) is 0 Å². The molecule has 4 rings (SSSR count). The molecule has 1 aromatic heterocycles. The van der Waals surface area contributed by atoms with Gasteiger partial charge in [0.15, 0.2) is 0 Å². The van der Waals surface area contributed by atoms with E-state index in [4.69, 9.17) is 0 Å². The highest BCUT2D eigenvalue weighted by Crippen LogP contribution is 2.28. The lowest BCUT2D eigenvalue weighted by atomic mass is 9.87. The predicted octanol–water partition coefficient (Wildman–Crippen LogP) is 6.96. The van der Waals surface area contributed by atoms with Crippen molar-refractivity contribution in [3.05, 3.63) is 95.7 Å². The standard InChI is InChI=1S/C26H27N/c1-19-7-5-6-8-24(19)21-11-14-25-22(17-21)15-16-27(25)18-20-9-12-23(13-10-20)26(2,3)4/h5-17H,18H2,1-4H3. The van der Waals surface area contributed by atoms with E-state index < -0.39 is 0 Å². The minimum atomic E-state index is 0.199. The number of hydrogen-bond acceptors (Lipinski definition) is 0. The van der Waals surface area contributed by atoms with E-state index in [-0.39, 0.29) is 5.41 Å². The predicted molar refractivity (Wildman–Crippen MR) is 116 cm³/mol. The number of fused-ring (bicyclic) bond motifs is 1. The van der Waals surface area contributed by atoms with Crippen molar-refractivity contribution in [1.82, 2.24) is 4.57 Å². The first kappa shape index (κ1) is 17.6. The Balaban J connectivity index is 1.63. The van der Waals surface area contributed by atoms with Gasteiger partial charge in [0.2, 0.25) is 0 Å². The fourth-order valence-electron chi connectivity index (χ4n) is 3.71. The second-order valence-corrected chi connectivity index (χ2v) is 8.48. The topological polar surface area (TPSA) is 4.93 Å². The summed E-state index contributed by atoms with van der Waals surface area (Å²) in [4.78, 5) is 0. The van der Waals surface area contributed by atoms with Crippen LogP contribution >= 0.6 is 0 Å². The number of aromatic nitrogens is 1. The van der Waals surface area contributed by atoms with Gasteiger partial charge in [-0.25, -0.2) is 0 Å². The van der Waals surface area contributed by atoms with Gasteiger partial charge < -0.3 is 4.57 Å². The molecule has 0 unspecified atom stereocenters. The zero-order chi connectivity index (χ0) is 19.0. The molecule has 0 radical (unpaired) electrons. The lowest BCUT2D eigenvalue weighted by Gasteiger charge is -2.19. The first-order valence-corrected chi connectivity index (χ1v) is 9.66. The molecular formula is C26H27N. The average molecular weight is 354 g/mol. The fraction of sp³-hybridized carbons (Fsp3) is 0.231. The van der Waals surface area contributed by atoms with Crippen molar-refractivity contribution < 1.29 is 0 Å². The van der Waals surface area contributed by atoms with E-state index >= 15 is 0 Å². The van der Waals surface area contributed by atoms with Crippen LogP contribution in [0.2, 0.25) is 0 Å². The summed E-state index contributed by atoms with van der Waals surface area (Å²) in [6, 6.07) is 26.6. The van der Waals surface area contributed by atoms with Crippen LogP contribution in [-0.4, -0.2) is 4.57 Å². The van der Waals surface area contributed by atoms with Gasteiger partial charge in [-0.3, -0.25) is 0 Å². The molecule has 0 saturated carbocycles. The smallest absolute Gasteiger partial charge is 0.0483 e. The molecule has 0 spiro atoms. The number of nitrogens with zero attached hydrogens (tertiary/aromatic N) is 1. The van der Waals surface area contributed by atoms with E-state index in [1.165, 1.54) is 38.7 Å². The molecular weight excluding hydrogens is 326 g/mol. The Labute approximate surface area is 162 Å². The van der Waals surface area contributed by atoms with Gasteiger partial charge in [0.1, 0.15) is 0 Å². The zero-order valence-corrected chi connectivity index (χ0v) is 16.7. The molecule has 1 heterocycles. The third-order valence-electron chi connectivity index (χ3n) is 5.40. The van der Waals surface area contributed by atoms with Crippen LogP contribution in [0.3, 0.4) is 0 Å². The lowest BCUT2D eigenvalue weighted by molar-refractivity contribution is 0.590. The second kappa shape index (κ2) is 6.74. The van der Waals surface area contributed by atoms with Gasteiger partial charge in [0.25, 0.3) is 0 Å². The minimum Gasteiger partial charge on any atom is -0.343 e. The van der Waals surface area contributed by atoms with Crippen molar-refractivity contribution in [3.63, 3.8) is 0 Å². The maximum atomic E-state index is 2.34. The molecule has 27 heavy (non-hydrogen) atoms. The molecule has 0 aliphatic rings. The van der Waals surface area contributed by atoms with E-state index in [1.807, 2.05) is 0 Å². The Kier molecular flexibility index (Phi) is 4.39. The quantitative estimate of drug-likeness (QED) is 0.375. The summed E-state index contributed by atoms with van der Waals surface area (Å²) in [6.07, 6.45) is 2.20. The molecule has 0 aliphatic carbocycles. The third-order valence-corrected chi connectivity index (χ3v) is 5.40. The molecule has 136 valence electrons. The van der Waals surface area contributed by atoms with Crippen LogP contribution in [0.4, 0.5) is 0 Å². The summed E-state index contributed by atoms with van der Waals surface area (Å²) in [5.74, 6) is 0. The molecule has 4 aromatic rings. The van der Waals surface area contributed by atoms with E-state index in [0.717, 1.165) is 6.54 Å². The Hall–Kier alpha value is -2.80. The van der Waals surface area contributed by atoms with Crippen molar-refractivity contribution in [1.29, 1.82) is 0 Å². The van der Waals surface area contributed by atoms with Gasteiger partial charge in [-0.15, -0.1) is 0 Å². The first-order valence-electron chi connectivity index (χ1n) is 9.66. The Morgan fingerprint density at radius 1 is 0.815 bits per heavy atom. The second-order valence-electron chi connectivity index (χ2n) is 8.48. The highest BCUT2D eigenvalue weighted by molar-refractivity contribution is 5.86. The first-order chi connectivity index (χ1) is 12.9. The SMILES string of the molecule is Cc1ccccc1-c1ccc2c(ccn2Cc2ccc(C(C)(C)C)cc2)c1. The maximum absolute atomic E-state index is 2.34. The van der Waals surface area contributed by atoms with Gasteiger partial charge in [0.05, 0.1) is 0 Å². The van der Waals surface area contributed by atoms with Crippen molar-refractivity contribution in [2.45, 2.75) is 39.7 Å². The van der Waals surface area contributed by atoms with Crippen molar-refractivity contribution in [3.8, 4) is 11.1 Å². The molecule has 0 fully saturated rings. The molecule has 0 aliphatic heterocycles. The maximum Gasteiger partial charge on any atom is 0.0483 e. The summed E-state index contributed by atoms with van der Waals surface area (Å²) in [5.41, 5.74) is 8.11. The monoisotopic (exact) mass is 353 g/mol. The third kappa shape index (κ3) is 3.55. The lowest BCUT2D eigenvalue weighted by Crippen LogP contribution is -2.10. The summed E-state index contributed by atoms with van der Waals surface area (Å²) in [6.45, 7) is 9.85. The van der Waals surface area contributed by atoms with Crippen LogP contribution in [0.1, 0.15) is 37.5 Å². The fourth-order valence-corrected chi connectivity index (χ4v) is 3.71. The molecule has 0 atom stereocenters. The van der Waals surface area contributed by atoms with Gasteiger partial charge in [-0.1, -0.05) is 75.4 Å². The van der Waals surface area contributed by atoms with Gasteiger partial charge in [-0.05, 0) is 58.4 Å². The van der Waals surface area contributed by atoms with Crippen LogP contribution in [-0.2, 0) is 12.0 Å². The Bertz CT molecular complexity index is 1080. The number of aryl methyl sites for hydroxylation is 1. The number of rotatable bonds is 3. The normalized spacial score (nSPS) is 11.9. The molecule has 0 bridgehead atoms. The molecule has 3 aromatic carbocycles. The van der Waals surface area contributed by atoms with Crippen LogP contribution in [0.5, 0.6) is 0 Å². The van der Waals surface area contributed by atoms with Crippen molar-refractivity contribution >= 4 is 10.9 Å². The molecule has 1 nitrogen and oxygen atoms in total. The Morgan fingerprint density at radius 3 is 2.26 bits per heavy atom. The van der Waals surface area contributed by atoms with Gasteiger partial charge >= 0.3 is 0 Å². The molecule has 0 amide bonds. The van der Waals surface area contributed by atoms with Gasteiger partial charge in [0, 0.05) is 23.6 Å². The molecule has 0 saturated heterocycles. The summed E-state index contributed by atoms with van der Waals surface area (Å²) in [7, 11) is 0. The van der Waals surface area contributed by atoms with Crippen LogP contribution in [0.25, 0.3) is 22.0 Å². The van der Waals surface area contributed by atoms with Crippen molar-refractivity contribution in [2.75, 3.05) is 0 Å².